The van der Waals surface area contributed by atoms with Crippen LogP contribution in [0.3, 0.4) is 0 Å². The minimum atomic E-state index is -0.00780. The van der Waals surface area contributed by atoms with Crippen LogP contribution in [-0.4, -0.2) is 21.3 Å². The van der Waals surface area contributed by atoms with E-state index in [1.165, 1.54) is 0 Å². The second-order valence-electron chi connectivity index (χ2n) is 5.75. The molecule has 0 saturated carbocycles. The number of hydrogen-bond acceptors (Lipinski definition) is 3. The van der Waals surface area contributed by atoms with Crippen molar-refractivity contribution in [2.75, 3.05) is 6.54 Å². The number of aryl methyl sites for hydroxylation is 1. The van der Waals surface area contributed by atoms with Gasteiger partial charge in [0.1, 0.15) is 5.82 Å². The van der Waals surface area contributed by atoms with Gasteiger partial charge in [-0.25, -0.2) is 4.98 Å². The molecule has 0 bridgehead atoms. The molecule has 0 saturated heterocycles. The van der Waals surface area contributed by atoms with Gasteiger partial charge in [0.15, 0.2) is 5.82 Å². The molecule has 16 heavy (non-hydrogen) atoms. The topological polar surface area (TPSA) is 56.7 Å². The molecule has 1 aromatic heterocycles. The molecule has 92 valence electrons. The highest BCUT2D eigenvalue weighted by Gasteiger charge is 2.25. The molecule has 4 heteroatoms. The van der Waals surface area contributed by atoms with Gasteiger partial charge >= 0.3 is 0 Å². The molecular weight excluding hydrogens is 200 g/mol. The van der Waals surface area contributed by atoms with E-state index in [0.29, 0.717) is 12.5 Å². The Morgan fingerprint density at radius 2 is 1.88 bits per heavy atom. The zero-order valence-corrected chi connectivity index (χ0v) is 11.3. The van der Waals surface area contributed by atoms with E-state index in [1.807, 2.05) is 11.7 Å². The van der Waals surface area contributed by atoms with E-state index in [1.54, 1.807) is 0 Å². The highest BCUT2D eigenvalue weighted by Crippen LogP contribution is 2.25. The molecule has 4 nitrogen and oxygen atoms in total. The van der Waals surface area contributed by atoms with Crippen LogP contribution in [-0.2, 0) is 12.5 Å². The van der Waals surface area contributed by atoms with Crippen molar-refractivity contribution in [2.24, 2.45) is 18.7 Å². The van der Waals surface area contributed by atoms with Crippen molar-refractivity contribution in [1.82, 2.24) is 14.8 Å². The standard InChI is InChI=1S/C12H24N4/c1-8(2)9(7-13)10-14-11(12(3,4)5)15-16(10)6/h8-9H,7,13H2,1-6H3. The Labute approximate surface area is 98.2 Å². The Kier molecular flexibility index (Phi) is 3.73. The summed E-state index contributed by atoms with van der Waals surface area (Å²) in [7, 11) is 1.95. The van der Waals surface area contributed by atoms with E-state index in [4.69, 9.17) is 5.73 Å². The Bertz CT molecular complexity index is 346. The molecule has 0 amide bonds. The summed E-state index contributed by atoms with van der Waals surface area (Å²) in [6.45, 7) is 11.3. The molecule has 1 heterocycles. The average molecular weight is 224 g/mol. The van der Waals surface area contributed by atoms with Crippen molar-refractivity contribution in [1.29, 1.82) is 0 Å². The summed E-state index contributed by atoms with van der Waals surface area (Å²) < 4.78 is 1.87. The van der Waals surface area contributed by atoms with E-state index in [2.05, 4.69) is 44.7 Å². The maximum Gasteiger partial charge on any atom is 0.156 e. The largest absolute Gasteiger partial charge is 0.330 e. The van der Waals surface area contributed by atoms with E-state index < -0.39 is 0 Å². The first-order chi connectivity index (χ1) is 7.27. The SMILES string of the molecule is CC(C)C(CN)c1nc(C(C)(C)C)nn1C. The highest BCUT2D eigenvalue weighted by molar-refractivity contribution is 5.07. The minimum absolute atomic E-state index is 0.00780. The van der Waals surface area contributed by atoms with Gasteiger partial charge in [0.25, 0.3) is 0 Å². The minimum Gasteiger partial charge on any atom is -0.330 e. The lowest BCUT2D eigenvalue weighted by Crippen LogP contribution is -2.21. The van der Waals surface area contributed by atoms with Crippen molar-refractivity contribution in [3.63, 3.8) is 0 Å². The first-order valence-electron chi connectivity index (χ1n) is 5.88. The first-order valence-corrected chi connectivity index (χ1v) is 5.88. The number of rotatable bonds is 3. The van der Waals surface area contributed by atoms with Crippen LogP contribution in [0.5, 0.6) is 0 Å². The van der Waals surface area contributed by atoms with Crippen molar-refractivity contribution < 1.29 is 0 Å². The van der Waals surface area contributed by atoms with Crippen molar-refractivity contribution in [3.8, 4) is 0 Å². The molecule has 1 aromatic rings. The average Bonchev–Trinajstić information content (AvgIpc) is 2.48. The van der Waals surface area contributed by atoms with Crippen LogP contribution in [0.1, 0.15) is 52.2 Å². The van der Waals surface area contributed by atoms with Gasteiger partial charge in [-0.15, -0.1) is 0 Å². The summed E-state index contributed by atoms with van der Waals surface area (Å²) in [5.74, 6) is 2.67. The Morgan fingerprint density at radius 3 is 2.19 bits per heavy atom. The highest BCUT2D eigenvalue weighted by atomic mass is 15.3. The molecule has 0 spiro atoms. The molecule has 1 rings (SSSR count). The molecular formula is C12H24N4. The molecule has 0 aliphatic rings. The van der Waals surface area contributed by atoms with Gasteiger partial charge in [-0.3, -0.25) is 4.68 Å². The van der Waals surface area contributed by atoms with Gasteiger partial charge in [-0.2, -0.15) is 5.10 Å². The fraction of sp³-hybridized carbons (Fsp3) is 0.833. The summed E-state index contributed by atoms with van der Waals surface area (Å²) in [5.41, 5.74) is 5.80. The van der Waals surface area contributed by atoms with Gasteiger partial charge < -0.3 is 5.73 Å². The molecule has 2 N–H and O–H groups in total. The van der Waals surface area contributed by atoms with Crippen molar-refractivity contribution >= 4 is 0 Å². The van der Waals surface area contributed by atoms with Crippen LogP contribution in [0.25, 0.3) is 0 Å². The van der Waals surface area contributed by atoms with E-state index >= 15 is 0 Å². The monoisotopic (exact) mass is 224 g/mol. The van der Waals surface area contributed by atoms with E-state index in [0.717, 1.165) is 11.6 Å². The number of aromatic nitrogens is 3. The third kappa shape index (κ3) is 2.61. The Hall–Kier alpha value is -0.900. The lowest BCUT2D eigenvalue weighted by molar-refractivity contribution is 0.464. The predicted molar refractivity (Wildman–Crippen MR) is 66.3 cm³/mol. The van der Waals surface area contributed by atoms with Gasteiger partial charge in [0, 0.05) is 24.9 Å². The number of hydrogen-bond donors (Lipinski definition) is 1. The predicted octanol–water partition coefficient (Wildman–Crippen LogP) is 1.81. The molecule has 0 aliphatic heterocycles. The number of nitrogens with zero attached hydrogens (tertiary/aromatic N) is 3. The molecule has 0 aliphatic carbocycles. The maximum absolute atomic E-state index is 5.81. The summed E-state index contributed by atoms with van der Waals surface area (Å²) in [6, 6.07) is 0. The zero-order valence-electron chi connectivity index (χ0n) is 11.3. The summed E-state index contributed by atoms with van der Waals surface area (Å²) >= 11 is 0. The molecule has 0 aromatic carbocycles. The van der Waals surface area contributed by atoms with Gasteiger partial charge in [-0.1, -0.05) is 34.6 Å². The third-order valence-corrected chi connectivity index (χ3v) is 2.86. The van der Waals surface area contributed by atoms with Gasteiger partial charge in [0.05, 0.1) is 0 Å². The van der Waals surface area contributed by atoms with Crippen LogP contribution in [0.2, 0.25) is 0 Å². The second-order valence-corrected chi connectivity index (χ2v) is 5.75. The third-order valence-electron chi connectivity index (χ3n) is 2.86. The lowest BCUT2D eigenvalue weighted by Gasteiger charge is -2.17. The van der Waals surface area contributed by atoms with Crippen LogP contribution in [0.4, 0.5) is 0 Å². The summed E-state index contributed by atoms with van der Waals surface area (Å²) in [5, 5.41) is 4.48. The summed E-state index contributed by atoms with van der Waals surface area (Å²) in [6.07, 6.45) is 0. The van der Waals surface area contributed by atoms with Crippen molar-refractivity contribution in [3.05, 3.63) is 11.6 Å². The molecule has 0 radical (unpaired) electrons. The number of nitrogens with two attached hydrogens (primary N) is 1. The maximum atomic E-state index is 5.81. The van der Waals surface area contributed by atoms with E-state index in [9.17, 15) is 0 Å². The fourth-order valence-electron chi connectivity index (χ4n) is 1.71. The second kappa shape index (κ2) is 4.53. The summed E-state index contributed by atoms with van der Waals surface area (Å²) in [4.78, 5) is 4.65. The van der Waals surface area contributed by atoms with E-state index in [-0.39, 0.29) is 11.3 Å². The zero-order chi connectivity index (χ0) is 12.5. The quantitative estimate of drug-likeness (QED) is 0.852. The Balaban J connectivity index is 3.11. The van der Waals surface area contributed by atoms with Crippen LogP contribution in [0.15, 0.2) is 0 Å². The van der Waals surface area contributed by atoms with Gasteiger partial charge in [-0.05, 0) is 5.92 Å². The van der Waals surface area contributed by atoms with Crippen LogP contribution >= 0.6 is 0 Å². The normalized spacial score (nSPS) is 14.5. The Morgan fingerprint density at radius 1 is 1.31 bits per heavy atom. The molecule has 1 unspecified atom stereocenters. The smallest absolute Gasteiger partial charge is 0.156 e. The first kappa shape index (κ1) is 13.2. The van der Waals surface area contributed by atoms with Crippen LogP contribution in [0, 0.1) is 5.92 Å². The lowest BCUT2D eigenvalue weighted by atomic mass is 9.94. The molecule has 0 fully saturated rings. The van der Waals surface area contributed by atoms with Crippen LogP contribution < -0.4 is 5.73 Å². The van der Waals surface area contributed by atoms with Gasteiger partial charge in [0.2, 0.25) is 0 Å². The van der Waals surface area contributed by atoms with Crippen molar-refractivity contribution in [2.45, 2.75) is 46.0 Å². The molecule has 1 atom stereocenters. The fourth-order valence-corrected chi connectivity index (χ4v) is 1.71.